The van der Waals surface area contributed by atoms with Gasteiger partial charge in [-0.3, -0.25) is 62.7 Å². The number of halogens is 1. The van der Waals surface area contributed by atoms with E-state index in [1.807, 2.05) is 0 Å². The monoisotopic (exact) mass is 1220 g/mol. The van der Waals surface area contributed by atoms with Crippen LogP contribution in [-0.4, -0.2) is 177 Å². The summed E-state index contributed by atoms with van der Waals surface area (Å²) in [6.07, 6.45) is 2.48. The number of aliphatic imine (C=N–C) groups is 1. The lowest BCUT2D eigenvalue weighted by atomic mass is 10.0. The molecule has 0 aliphatic carbocycles. The molecule has 0 spiro atoms. The third-order valence-corrected chi connectivity index (χ3v) is 15.6. The number of benzene rings is 1. The minimum atomic E-state index is -1.98. The van der Waals surface area contributed by atoms with Gasteiger partial charge < -0.3 is 75.1 Å². The zero-order valence-electron chi connectivity index (χ0n) is 46.4. The molecule has 2 aliphatic rings. The Labute approximate surface area is 492 Å². The zero-order chi connectivity index (χ0) is 61.3. The number of nitrogens with one attached hydrogen (secondary N) is 9. The summed E-state index contributed by atoms with van der Waals surface area (Å²) in [6, 6.07) is -2.83. The Balaban J connectivity index is 1.63. The molecule has 0 saturated carbocycles. The zero-order valence-corrected chi connectivity index (χ0v) is 48.8. The lowest BCUT2D eigenvalue weighted by Gasteiger charge is -2.31. The maximum Gasteiger partial charge on any atom is 0.326 e. The fourth-order valence-corrected chi connectivity index (χ4v) is 11.2. The van der Waals surface area contributed by atoms with Gasteiger partial charge in [-0.05, 0) is 73.8 Å². The Hall–Kier alpha value is -7.73. The van der Waals surface area contributed by atoms with Crippen LogP contribution in [0, 0.1) is 5.92 Å². The average molecular weight is 1220 g/mol. The third kappa shape index (κ3) is 23.2. The van der Waals surface area contributed by atoms with Gasteiger partial charge in [0.2, 0.25) is 65.0 Å². The van der Waals surface area contributed by atoms with Crippen LogP contribution in [0.25, 0.3) is 0 Å². The Kier molecular flexibility index (Phi) is 27.8. The molecule has 28 nitrogen and oxygen atoms in total. The van der Waals surface area contributed by atoms with Crippen LogP contribution >= 0.6 is 33.2 Å². The van der Waals surface area contributed by atoms with Gasteiger partial charge in [-0.15, -0.1) is 0 Å². The van der Waals surface area contributed by atoms with E-state index in [9.17, 15) is 62.6 Å². The van der Waals surface area contributed by atoms with Crippen molar-refractivity contribution in [3.63, 3.8) is 0 Å². The largest absolute Gasteiger partial charge is 0.480 e. The van der Waals surface area contributed by atoms with E-state index in [4.69, 9.17) is 28.8 Å². The topological polar surface area (TPSA) is 440 Å². The van der Waals surface area contributed by atoms with Crippen molar-refractivity contribution in [2.75, 3.05) is 31.1 Å². The standard InChI is InChI=1S/C52H74ClN15O13S2/c1-5-32(60-28(4)69)43(72)64-35(20-29-12-14-31(53)15-13-29)46(75)65-36(21-30-9-6-16-57-23-30)47(76)66-37(51(80)81)22-42(71)61-38-25-82-83-26-39(50(79)68-18-8-11-40(68)49(78)59-24-41(54)70)67-45(74)34(19-27(2)3)63-44(73)33(62-48(38)77)10-7-17-58-52(55)56/h6,9,12-16,23,27,32-40H,5,7-8,10-11,17-22,24-26H2,1-4H3,(H2,54,70)(H,59,78)(H,60,69)(H,61,71)(H,62,77)(H,63,73)(H,64,72)(H,65,75)(H,66,76)(H,67,74)(H,80,81)(H4,55,56,58)/t32-,33+,34-,35-,36-,37-,38+,39-,40+/m0/s1. The maximum atomic E-state index is 14.3. The van der Waals surface area contributed by atoms with Crippen molar-refractivity contribution in [1.82, 2.24) is 57.7 Å². The number of hydrogen-bond acceptors (Lipinski definition) is 16. The van der Waals surface area contributed by atoms with Gasteiger partial charge in [0.15, 0.2) is 5.96 Å². The number of hydrogen-bond donors (Lipinski definition) is 13. The number of nitrogens with two attached hydrogens (primary N) is 3. The molecule has 11 amide bonds. The van der Waals surface area contributed by atoms with Crippen LogP contribution in [0.2, 0.25) is 5.02 Å². The molecule has 31 heteroatoms. The fraction of sp³-hybridized carbons (Fsp3) is 0.538. The third-order valence-electron chi connectivity index (χ3n) is 12.9. The van der Waals surface area contributed by atoms with Crippen LogP contribution in [0.5, 0.6) is 0 Å². The van der Waals surface area contributed by atoms with E-state index in [2.05, 4.69) is 57.8 Å². The van der Waals surface area contributed by atoms with Gasteiger partial charge in [0.25, 0.3) is 0 Å². The highest BCUT2D eigenvalue weighted by molar-refractivity contribution is 8.76. The van der Waals surface area contributed by atoms with E-state index in [0.29, 0.717) is 22.6 Å². The van der Waals surface area contributed by atoms with Gasteiger partial charge in [0, 0.05) is 61.8 Å². The molecule has 4 rings (SSSR count). The molecular formula is C52H74ClN15O13S2. The number of nitrogens with zero attached hydrogens (tertiary/aromatic N) is 3. The molecule has 3 heterocycles. The van der Waals surface area contributed by atoms with Crippen molar-refractivity contribution < 1.29 is 62.6 Å². The highest BCUT2D eigenvalue weighted by atomic mass is 35.5. The van der Waals surface area contributed by atoms with E-state index in [1.165, 1.54) is 24.2 Å². The molecule has 1 aromatic carbocycles. The molecule has 454 valence electrons. The number of primary amides is 1. The first-order valence-electron chi connectivity index (χ1n) is 26.8. The summed E-state index contributed by atoms with van der Waals surface area (Å²) < 4.78 is 0. The Morgan fingerprint density at radius 3 is 2.01 bits per heavy atom. The number of amides is 11. The number of carbonyl (C=O) groups excluding carboxylic acids is 11. The van der Waals surface area contributed by atoms with Crippen LogP contribution in [-0.2, 0) is 70.4 Å². The number of pyridine rings is 1. The van der Waals surface area contributed by atoms with Crippen LogP contribution in [0.1, 0.15) is 83.8 Å². The molecule has 2 aliphatic heterocycles. The molecule has 0 unspecified atom stereocenters. The van der Waals surface area contributed by atoms with Crippen molar-refractivity contribution in [2.45, 2.75) is 140 Å². The number of rotatable bonds is 26. The molecule has 9 atom stereocenters. The van der Waals surface area contributed by atoms with Crippen molar-refractivity contribution >= 4 is 110 Å². The van der Waals surface area contributed by atoms with Crippen molar-refractivity contribution in [3.8, 4) is 0 Å². The van der Waals surface area contributed by atoms with E-state index in [1.54, 1.807) is 57.2 Å². The maximum absolute atomic E-state index is 14.3. The van der Waals surface area contributed by atoms with Gasteiger partial charge in [0.1, 0.15) is 54.4 Å². The summed E-state index contributed by atoms with van der Waals surface area (Å²) in [4.78, 5) is 172. The van der Waals surface area contributed by atoms with Gasteiger partial charge in [-0.25, -0.2) is 4.79 Å². The molecule has 2 saturated heterocycles. The van der Waals surface area contributed by atoms with E-state index in [0.717, 1.165) is 21.6 Å². The molecule has 1 aromatic heterocycles. The first-order chi connectivity index (χ1) is 39.3. The second kappa shape index (κ2) is 34.0. The van der Waals surface area contributed by atoms with Crippen molar-refractivity contribution in [3.05, 3.63) is 64.9 Å². The lowest BCUT2D eigenvalue weighted by molar-refractivity contribution is -0.144. The summed E-state index contributed by atoms with van der Waals surface area (Å²) in [5.41, 5.74) is 17.2. The summed E-state index contributed by atoms with van der Waals surface area (Å²) in [6.45, 7) is 6.15. The van der Waals surface area contributed by atoms with E-state index < -0.39 is 138 Å². The van der Waals surface area contributed by atoms with Crippen molar-refractivity contribution in [1.29, 1.82) is 0 Å². The second-order valence-electron chi connectivity index (χ2n) is 20.1. The minimum Gasteiger partial charge on any atom is -0.480 e. The summed E-state index contributed by atoms with van der Waals surface area (Å²) in [5.74, 6) is -11.3. The van der Waals surface area contributed by atoms with Gasteiger partial charge in [-0.1, -0.05) is 72.2 Å². The van der Waals surface area contributed by atoms with E-state index >= 15 is 0 Å². The highest BCUT2D eigenvalue weighted by Crippen LogP contribution is 2.26. The predicted octanol–water partition coefficient (Wildman–Crippen LogP) is -2.61. The Morgan fingerprint density at radius 1 is 0.807 bits per heavy atom. The predicted molar refractivity (Wildman–Crippen MR) is 308 cm³/mol. The highest BCUT2D eigenvalue weighted by Gasteiger charge is 2.40. The van der Waals surface area contributed by atoms with Crippen molar-refractivity contribution in [2.24, 2.45) is 28.1 Å². The number of likely N-dealkylation sites (tertiary alicyclic amines) is 1. The minimum absolute atomic E-state index is 0.0291. The van der Waals surface area contributed by atoms with E-state index in [-0.39, 0.29) is 81.4 Å². The van der Waals surface area contributed by atoms with Gasteiger partial charge in [-0.2, -0.15) is 0 Å². The van der Waals surface area contributed by atoms with Crippen LogP contribution < -0.4 is 65.1 Å². The number of carboxylic acids is 1. The summed E-state index contributed by atoms with van der Waals surface area (Å²) in [5, 5.41) is 33.9. The SMILES string of the molecule is CC[C@H](NC(C)=O)C(=O)N[C@@H](Cc1ccc(Cl)cc1)C(=O)N[C@@H](Cc1cccnc1)C(=O)N[C@@H](CC(=O)N[C@@H]1CSSC[C@@H](C(=O)N2CCC[C@@H]2C(=O)NCC(N)=O)NC(=O)[C@H](CC(C)C)NC(=O)[C@@H](CCCN=C(N)N)NC1=O)C(=O)O. The fourth-order valence-electron chi connectivity index (χ4n) is 8.76. The first-order valence-corrected chi connectivity index (χ1v) is 29.6. The van der Waals surface area contributed by atoms with Crippen LogP contribution in [0.15, 0.2) is 53.8 Å². The molecule has 0 radical (unpaired) electrons. The average Bonchev–Trinajstić information content (AvgIpc) is 3.98. The van der Waals surface area contributed by atoms with Gasteiger partial charge in [0.05, 0.1) is 13.0 Å². The molecule has 2 aromatic rings. The lowest BCUT2D eigenvalue weighted by Crippen LogP contribution is -2.60. The Morgan fingerprint density at radius 2 is 1.42 bits per heavy atom. The molecular weight excluding hydrogens is 1140 g/mol. The number of guanidine groups is 1. The Bertz CT molecular complexity index is 2670. The smallest absolute Gasteiger partial charge is 0.326 e. The number of carboxylic acid groups (broad SMARTS) is 1. The number of carbonyl (C=O) groups is 12. The first kappa shape index (κ1) is 67.8. The van der Waals surface area contributed by atoms with Crippen LogP contribution in [0.4, 0.5) is 0 Å². The second-order valence-corrected chi connectivity index (χ2v) is 23.1. The van der Waals surface area contributed by atoms with Crippen LogP contribution in [0.3, 0.4) is 0 Å². The molecule has 16 N–H and O–H groups in total. The quantitative estimate of drug-likeness (QED) is 0.0199. The normalized spacial score (nSPS) is 20.0. The van der Waals surface area contributed by atoms with Gasteiger partial charge >= 0.3 is 5.97 Å². The molecule has 0 bridgehead atoms. The summed E-state index contributed by atoms with van der Waals surface area (Å²) in [7, 11) is 1.99. The molecule has 2 fully saturated rings. The summed E-state index contributed by atoms with van der Waals surface area (Å²) >= 11 is 6.10. The number of aliphatic carboxylic acids is 1. The molecule has 83 heavy (non-hydrogen) atoms. The number of aromatic nitrogens is 1.